The second kappa shape index (κ2) is 4.58. The van der Waals surface area contributed by atoms with Crippen molar-refractivity contribution in [2.45, 2.75) is 39.8 Å². The molecule has 0 aliphatic rings. The molecular formula is C15H20N2O. The van der Waals surface area contributed by atoms with Crippen LogP contribution >= 0.6 is 0 Å². The Morgan fingerprint density at radius 1 is 1.17 bits per heavy atom. The molecule has 18 heavy (non-hydrogen) atoms. The van der Waals surface area contributed by atoms with Crippen molar-refractivity contribution in [1.82, 2.24) is 9.78 Å². The van der Waals surface area contributed by atoms with E-state index < -0.39 is 5.60 Å². The lowest BCUT2D eigenvalue weighted by Crippen LogP contribution is -2.18. The molecule has 96 valence electrons. The molecule has 0 amide bonds. The van der Waals surface area contributed by atoms with Crippen LogP contribution in [0.25, 0.3) is 0 Å². The van der Waals surface area contributed by atoms with Crippen molar-refractivity contribution < 1.29 is 5.11 Å². The summed E-state index contributed by atoms with van der Waals surface area (Å²) in [6.45, 7) is 8.30. The molecule has 0 fully saturated rings. The van der Waals surface area contributed by atoms with E-state index in [2.05, 4.69) is 17.2 Å². The summed E-state index contributed by atoms with van der Waals surface area (Å²) in [6, 6.07) is 10.2. The Kier molecular flexibility index (Phi) is 3.26. The smallest absolute Gasteiger partial charge is 0.0876 e. The fourth-order valence-corrected chi connectivity index (χ4v) is 2.49. The summed E-state index contributed by atoms with van der Waals surface area (Å²) < 4.78 is 1.96. The van der Waals surface area contributed by atoms with Gasteiger partial charge in [0.2, 0.25) is 0 Å². The van der Waals surface area contributed by atoms with E-state index in [9.17, 15) is 5.11 Å². The summed E-state index contributed by atoms with van der Waals surface area (Å²) in [5, 5.41) is 14.7. The SMILES string of the molecule is Cc1nn(Cc2ccccc2)c(C)c1C(C)(C)O. The van der Waals surface area contributed by atoms with E-state index in [1.54, 1.807) is 13.8 Å². The van der Waals surface area contributed by atoms with Crippen molar-refractivity contribution in [2.75, 3.05) is 0 Å². The van der Waals surface area contributed by atoms with Crippen LogP contribution in [0.5, 0.6) is 0 Å². The third kappa shape index (κ3) is 2.46. The first-order valence-corrected chi connectivity index (χ1v) is 6.20. The Morgan fingerprint density at radius 3 is 2.28 bits per heavy atom. The lowest BCUT2D eigenvalue weighted by Gasteiger charge is -2.18. The van der Waals surface area contributed by atoms with Gasteiger partial charge in [0.1, 0.15) is 0 Å². The molecule has 0 saturated heterocycles. The van der Waals surface area contributed by atoms with Gasteiger partial charge in [0.25, 0.3) is 0 Å². The summed E-state index contributed by atoms with van der Waals surface area (Å²) in [5.74, 6) is 0. The number of benzene rings is 1. The van der Waals surface area contributed by atoms with Crippen LogP contribution in [0.15, 0.2) is 30.3 Å². The molecule has 2 aromatic rings. The van der Waals surface area contributed by atoms with Crippen molar-refractivity contribution in [3.63, 3.8) is 0 Å². The molecule has 0 aliphatic heterocycles. The fraction of sp³-hybridized carbons (Fsp3) is 0.400. The molecule has 0 bridgehead atoms. The van der Waals surface area contributed by atoms with Gasteiger partial charge in [-0.15, -0.1) is 0 Å². The van der Waals surface area contributed by atoms with Crippen molar-refractivity contribution in [3.8, 4) is 0 Å². The van der Waals surface area contributed by atoms with Crippen LogP contribution in [0, 0.1) is 13.8 Å². The van der Waals surface area contributed by atoms with E-state index in [1.807, 2.05) is 36.7 Å². The Hall–Kier alpha value is -1.61. The first-order valence-electron chi connectivity index (χ1n) is 6.20. The van der Waals surface area contributed by atoms with Crippen LogP contribution in [-0.2, 0) is 12.1 Å². The predicted molar refractivity (Wildman–Crippen MR) is 72.5 cm³/mol. The van der Waals surface area contributed by atoms with Gasteiger partial charge in [-0.1, -0.05) is 30.3 Å². The summed E-state index contributed by atoms with van der Waals surface area (Å²) in [5.41, 5.74) is 3.23. The molecule has 0 atom stereocenters. The lowest BCUT2D eigenvalue weighted by molar-refractivity contribution is 0.0771. The van der Waals surface area contributed by atoms with Crippen LogP contribution in [-0.4, -0.2) is 14.9 Å². The van der Waals surface area contributed by atoms with Gasteiger partial charge < -0.3 is 5.11 Å². The van der Waals surface area contributed by atoms with Gasteiger partial charge in [-0.05, 0) is 33.3 Å². The third-order valence-corrected chi connectivity index (χ3v) is 3.17. The molecule has 0 saturated carbocycles. The average Bonchev–Trinajstić information content (AvgIpc) is 2.54. The third-order valence-electron chi connectivity index (χ3n) is 3.17. The number of hydrogen-bond donors (Lipinski definition) is 1. The zero-order chi connectivity index (χ0) is 13.3. The van der Waals surface area contributed by atoms with Gasteiger partial charge in [-0.25, -0.2) is 0 Å². The highest BCUT2D eigenvalue weighted by atomic mass is 16.3. The van der Waals surface area contributed by atoms with Crippen molar-refractivity contribution in [1.29, 1.82) is 0 Å². The summed E-state index contributed by atoms with van der Waals surface area (Å²) in [6.07, 6.45) is 0. The monoisotopic (exact) mass is 244 g/mol. The molecule has 1 heterocycles. The number of aryl methyl sites for hydroxylation is 1. The van der Waals surface area contributed by atoms with Crippen LogP contribution in [0.3, 0.4) is 0 Å². The largest absolute Gasteiger partial charge is 0.386 e. The number of hydrogen-bond acceptors (Lipinski definition) is 2. The highest BCUT2D eigenvalue weighted by Gasteiger charge is 2.25. The van der Waals surface area contributed by atoms with Crippen LogP contribution in [0.4, 0.5) is 0 Å². The molecule has 0 radical (unpaired) electrons. The average molecular weight is 244 g/mol. The minimum Gasteiger partial charge on any atom is -0.386 e. The van der Waals surface area contributed by atoms with Gasteiger partial charge in [-0.3, -0.25) is 4.68 Å². The fourth-order valence-electron chi connectivity index (χ4n) is 2.49. The maximum Gasteiger partial charge on any atom is 0.0876 e. The number of nitrogens with zero attached hydrogens (tertiary/aromatic N) is 2. The molecule has 0 spiro atoms. The van der Waals surface area contributed by atoms with E-state index >= 15 is 0 Å². The minimum absolute atomic E-state index is 0.740. The Bertz CT molecular complexity index is 536. The normalized spacial score (nSPS) is 11.8. The zero-order valence-electron chi connectivity index (χ0n) is 11.4. The second-order valence-corrected chi connectivity index (χ2v) is 5.25. The first kappa shape index (κ1) is 12.8. The van der Waals surface area contributed by atoms with E-state index in [0.29, 0.717) is 0 Å². The molecule has 0 aliphatic carbocycles. The van der Waals surface area contributed by atoms with E-state index in [0.717, 1.165) is 23.5 Å². The van der Waals surface area contributed by atoms with E-state index in [4.69, 9.17) is 0 Å². The number of rotatable bonds is 3. The topological polar surface area (TPSA) is 38.0 Å². The molecule has 2 rings (SSSR count). The van der Waals surface area contributed by atoms with Gasteiger partial charge >= 0.3 is 0 Å². The highest BCUT2D eigenvalue weighted by molar-refractivity contribution is 5.30. The Labute approximate surface area is 108 Å². The van der Waals surface area contributed by atoms with Crippen molar-refractivity contribution in [2.24, 2.45) is 0 Å². The molecule has 1 N–H and O–H groups in total. The lowest BCUT2D eigenvalue weighted by atomic mass is 9.96. The zero-order valence-corrected chi connectivity index (χ0v) is 11.4. The molecule has 0 unspecified atom stereocenters. The summed E-state index contributed by atoms with van der Waals surface area (Å²) >= 11 is 0. The minimum atomic E-state index is -0.844. The number of aromatic nitrogens is 2. The van der Waals surface area contributed by atoms with Crippen LogP contribution < -0.4 is 0 Å². The van der Waals surface area contributed by atoms with Gasteiger partial charge in [0.15, 0.2) is 0 Å². The molecule has 1 aromatic heterocycles. The molecule has 3 heteroatoms. The summed E-state index contributed by atoms with van der Waals surface area (Å²) in [4.78, 5) is 0. The first-order chi connectivity index (χ1) is 8.39. The second-order valence-electron chi connectivity index (χ2n) is 5.25. The molecular weight excluding hydrogens is 224 g/mol. The van der Waals surface area contributed by atoms with Gasteiger partial charge in [0.05, 0.1) is 17.8 Å². The highest BCUT2D eigenvalue weighted by Crippen LogP contribution is 2.26. The molecule has 3 nitrogen and oxygen atoms in total. The predicted octanol–water partition coefficient (Wildman–Crippen LogP) is 2.78. The van der Waals surface area contributed by atoms with Crippen LogP contribution in [0.1, 0.15) is 36.4 Å². The van der Waals surface area contributed by atoms with E-state index in [-0.39, 0.29) is 0 Å². The quantitative estimate of drug-likeness (QED) is 0.901. The Balaban J connectivity index is 2.37. The maximum absolute atomic E-state index is 10.2. The van der Waals surface area contributed by atoms with E-state index in [1.165, 1.54) is 5.56 Å². The van der Waals surface area contributed by atoms with Crippen LogP contribution in [0.2, 0.25) is 0 Å². The summed E-state index contributed by atoms with van der Waals surface area (Å²) in [7, 11) is 0. The van der Waals surface area contributed by atoms with Gasteiger partial charge in [0, 0.05) is 11.3 Å². The van der Waals surface area contributed by atoms with Crippen molar-refractivity contribution in [3.05, 3.63) is 52.8 Å². The van der Waals surface area contributed by atoms with Crippen molar-refractivity contribution >= 4 is 0 Å². The maximum atomic E-state index is 10.2. The Morgan fingerprint density at radius 2 is 1.78 bits per heavy atom. The standard InChI is InChI=1S/C15H20N2O/c1-11-14(15(3,4)18)12(2)17(16-11)10-13-8-6-5-7-9-13/h5-9,18H,10H2,1-4H3. The molecule has 1 aromatic carbocycles. The number of aliphatic hydroxyl groups is 1. The van der Waals surface area contributed by atoms with Gasteiger partial charge in [-0.2, -0.15) is 5.10 Å².